The van der Waals surface area contributed by atoms with Crippen LogP contribution < -0.4 is 0 Å². The molecule has 0 bridgehead atoms. The van der Waals surface area contributed by atoms with Crippen LogP contribution >= 0.6 is 0 Å². The first-order valence-electron chi connectivity index (χ1n) is 6.75. The Kier molecular flexibility index (Phi) is 8.95. The van der Waals surface area contributed by atoms with E-state index in [0.717, 1.165) is 0 Å². The Morgan fingerprint density at radius 2 is 0.909 bits per heavy atom. The molecule has 0 spiro atoms. The number of carbonyl (C=O) groups is 2. The Labute approximate surface area is 131 Å². The van der Waals surface area contributed by atoms with Gasteiger partial charge in [-0.1, -0.05) is 59.7 Å². The zero-order valence-corrected chi connectivity index (χ0v) is 13.3. The van der Waals surface area contributed by atoms with E-state index in [9.17, 15) is 0 Å². The van der Waals surface area contributed by atoms with Crippen LogP contribution in [0, 0.1) is 27.7 Å². The highest BCUT2D eigenvalue weighted by molar-refractivity contribution is 6.27. The van der Waals surface area contributed by atoms with Gasteiger partial charge in [-0.3, -0.25) is 0 Å². The summed E-state index contributed by atoms with van der Waals surface area (Å²) in [6.07, 6.45) is 0. The van der Waals surface area contributed by atoms with E-state index < -0.39 is 11.9 Å². The fraction of sp³-hybridized carbons (Fsp3) is 0.222. The van der Waals surface area contributed by atoms with Gasteiger partial charge >= 0.3 is 11.9 Å². The lowest BCUT2D eigenvalue weighted by molar-refractivity contribution is -0.159. The lowest BCUT2D eigenvalue weighted by atomic mass is 10.1. The summed E-state index contributed by atoms with van der Waals surface area (Å²) in [6, 6.07) is 16.8. The second-order valence-electron chi connectivity index (χ2n) is 4.85. The van der Waals surface area contributed by atoms with Crippen molar-refractivity contribution >= 4 is 11.9 Å². The fourth-order valence-corrected chi connectivity index (χ4v) is 1.30. The molecule has 2 rings (SSSR count). The van der Waals surface area contributed by atoms with Crippen LogP contribution in [0.5, 0.6) is 0 Å². The van der Waals surface area contributed by atoms with Crippen LogP contribution in [0.15, 0.2) is 48.5 Å². The highest BCUT2D eigenvalue weighted by atomic mass is 16.4. The first kappa shape index (κ1) is 19.4. The molecule has 2 aromatic carbocycles. The monoisotopic (exact) mass is 302 g/mol. The third-order valence-electron chi connectivity index (χ3n) is 2.83. The van der Waals surface area contributed by atoms with E-state index in [1.54, 1.807) is 0 Å². The van der Waals surface area contributed by atoms with Crippen LogP contribution in [0.2, 0.25) is 0 Å². The molecule has 22 heavy (non-hydrogen) atoms. The maximum Gasteiger partial charge on any atom is 0.414 e. The number of carboxylic acid groups (broad SMARTS) is 2. The van der Waals surface area contributed by atoms with E-state index >= 15 is 0 Å². The topological polar surface area (TPSA) is 74.6 Å². The Morgan fingerprint density at radius 3 is 1.09 bits per heavy atom. The van der Waals surface area contributed by atoms with Gasteiger partial charge in [0, 0.05) is 0 Å². The molecule has 0 radical (unpaired) electrons. The van der Waals surface area contributed by atoms with Gasteiger partial charge in [0.1, 0.15) is 0 Å². The van der Waals surface area contributed by atoms with E-state index in [1.165, 1.54) is 22.3 Å². The zero-order chi connectivity index (χ0) is 17.1. The average Bonchev–Trinajstić information content (AvgIpc) is 2.46. The highest BCUT2D eigenvalue weighted by Crippen LogP contribution is 2.02. The van der Waals surface area contributed by atoms with Crippen LogP contribution in [-0.4, -0.2) is 22.2 Å². The summed E-state index contributed by atoms with van der Waals surface area (Å²) in [6.45, 7) is 8.43. The summed E-state index contributed by atoms with van der Waals surface area (Å²) in [5.41, 5.74) is 5.39. The normalized spacial score (nSPS) is 8.73. The minimum atomic E-state index is -1.82. The largest absolute Gasteiger partial charge is 0.473 e. The molecule has 0 atom stereocenters. The van der Waals surface area contributed by atoms with Gasteiger partial charge in [0.15, 0.2) is 0 Å². The van der Waals surface area contributed by atoms with Crippen molar-refractivity contribution in [1.82, 2.24) is 0 Å². The number of aliphatic carboxylic acids is 2. The van der Waals surface area contributed by atoms with Crippen LogP contribution in [0.4, 0.5) is 0 Å². The number of aryl methyl sites for hydroxylation is 4. The fourth-order valence-electron chi connectivity index (χ4n) is 1.30. The van der Waals surface area contributed by atoms with Crippen molar-refractivity contribution in [3.8, 4) is 0 Å². The molecule has 0 saturated carbocycles. The second-order valence-corrected chi connectivity index (χ2v) is 4.85. The van der Waals surface area contributed by atoms with Crippen molar-refractivity contribution in [3.63, 3.8) is 0 Å². The number of benzene rings is 2. The van der Waals surface area contributed by atoms with Crippen molar-refractivity contribution in [2.75, 3.05) is 0 Å². The van der Waals surface area contributed by atoms with Gasteiger partial charge in [-0.15, -0.1) is 0 Å². The predicted molar refractivity (Wildman–Crippen MR) is 87.1 cm³/mol. The Morgan fingerprint density at radius 1 is 0.636 bits per heavy atom. The standard InChI is InChI=1S/2C8H10.C2H2O4/c1-7-3-5-8(2)6-4-7;1-7-5-3-4-6-8(7)2;3-1(4)2(5)6/h2*3-6H,1-2H3;(H,3,4)(H,5,6). The molecule has 118 valence electrons. The van der Waals surface area contributed by atoms with Crippen LogP contribution in [0.3, 0.4) is 0 Å². The van der Waals surface area contributed by atoms with Crippen molar-refractivity contribution in [3.05, 3.63) is 70.8 Å². The van der Waals surface area contributed by atoms with Crippen LogP contribution in [-0.2, 0) is 9.59 Å². The smallest absolute Gasteiger partial charge is 0.414 e. The summed E-state index contributed by atoms with van der Waals surface area (Å²) >= 11 is 0. The van der Waals surface area contributed by atoms with E-state index in [4.69, 9.17) is 19.8 Å². The second kappa shape index (κ2) is 10.2. The first-order chi connectivity index (χ1) is 10.2. The summed E-state index contributed by atoms with van der Waals surface area (Å²) in [7, 11) is 0. The number of hydrogen-bond donors (Lipinski definition) is 2. The molecule has 0 aromatic heterocycles. The van der Waals surface area contributed by atoms with E-state index in [2.05, 4.69) is 76.2 Å². The van der Waals surface area contributed by atoms with Crippen molar-refractivity contribution in [2.24, 2.45) is 0 Å². The van der Waals surface area contributed by atoms with E-state index in [0.29, 0.717) is 0 Å². The Balaban J connectivity index is 0.000000306. The molecule has 0 aliphatic rings. The van der Waals surface area contributed by atoms with E-state index in [-0.39, 0.29) is 0 Å². The molecule has 0 saturated heterocycles. The van der Waals surface area contributed by atoms with Gasteiger partial charge in [-0.05, 0) is 38.8 Å². The summed E-state index contributed by atoms with van der Waals surface area (Å²) in [5, 5.41) is 14.8. The molecule has 0 heterocycles. The molecule has 0 unspecified atom stereocenters. The highest BCUT2D eigenvalue weighted by Gasteiger charge is 2.04. The summed E-state index contributed by atoms with van der Waals surface area (Å²) in [4.78, 5) is 18.2. The van der Waals surface area contributed by atoms with Gasteiger partial charge in [0.25, 0.3) is 0 Å². The third kappa shape index (κ3) is 9.31. The molecule has 0 aliphatic heterocycles. The van der Waals surface area contributed by atoms with Crippen LogP contribution in [0.25, 0.3) is 0 Å². The van der Waals surface area contributed by atoms with E-state index in [1.807, 2.05) is 0 Å². The van der Waals surface area contributed by atoms with Gasteiger partial charge in [-0.25, -0.2) is 9.59 Å². The van der Waals surface area contributed by atoms with Gasteiger partial charge < -0.3 is 10.2 Å². The molecule has 0 fully saturated rings. The zero-order valence-electron chi connectivity index (χ0n) is 13.3. The molecule has 4 nitrogen and oxygen atoms in total. The summed E-state index contributed by atoms with van der Waals surface area (Å²) in [5.74, 6) is -3.65. The molecule has 0 aliphatic carbocycles. The molecule has 0 amide bonds. The van der Waals surface area contributed by atoms with Gasteiger partial charge in [0.2, 0.25) is 0 Å². The average molecular weight is 302 g/mol. The molecular formula is C18H22O4. The van der Waals surface area contributed by atoms with Gasteiger partial charge in [-0.2, -0.15) is 0 Å². The Bertz CT molecular complexity index is 547. The SMILES string of the molecule is Cc1ccc(C)cc1.Cc1ccccc1C.O=C(O)C(=O)O. The van der Waals surface area contributed by atoms with Crippen LogP contribution in [0.1, 0.15) is 22.3 Å². The maximum absolute atomic E-state index is 9.10. The maximum atomic E-state index is 9.10. The van der Waals surface area contributed by atoms with Crippen molar-refractivity contribution < 1.29 is 19.8 Å². The molecule has 2 N–H and O–H groups in total. The number of hydrogen-bond acceptors (Lipinski definition) is 2. The van der Waals surface area contributed by atoms with Crippen molar-refractivity contribution in [2.45, 2.75) is 27.7 Å². The molecular weight excluding hydrogens is 280 g/mol. The third-order valence-corrected chi connectivity index (χ3v) is 2.83. The van der Waals surface area contributed by atoms with Crippen molar-refractivity contribution in [1.29, 1.82) is 0 Å². The lowest BCUT2D eigenvalue weighted by Crippen LogP contribution is -2.09. The first-order valence-corrected chi connectivity index (χ1v) is 6.75. The molecule has 2 aromatic rings. The predicted octanol–water partition coefficient (Wildman–Crippen LogP) is 3.76. The lowest BCUT2D eigenvalue weighted by Gasteiger charge is -1.93. The Hall–Kier alpha value is -2.62. The summed E-state index contributed by atoms with van der Waals surface area (Å²) < 4.78 is 0. The minimum absolute atomic E-state index is 1.33. The number of carboxylic acids is 2. The van der Waals surface area contributed by atoms with Gasteiger partial charge in [0.05, 0.1) is 0 Å². The quantitative estimate of drug-likeness (QED) is 0.727. The minimum Gasteiger partial charge on any atom is -0.473 e. The number of rotatable bonds is 0. The molecule has 4 heteroatoms.